The van der Waals surface area contributed by atoms with Crippen molar-refractivity contribution in [2.45, 2.75) is 0 Å². The Labute approximate surface area is 113 Å². The maximum atomic E-state index is 11.1. The monoisotopic (exact) mass is 273 g/mol. The van der Waals surface area contributed by atoms with E-state index < -0.39 is 5.97 Å². The number of aromatic nitrogens is 3. The van der Waals surface area contributed by atoms with Gasteiger partial charge in [0.25, 0.3) is 0 Å². The molecule has 2 aromatic carbocycles. The zero-order valence-electron chi connectivity index (χ0n) is 9.62. The summed E-state index contributed by atoms with van der Waals surface area (Å²) in [7, 11) is 0. The van der Waals surface area contributed by atoms with Gasteiger partial charge in [-0.15, -0.1) is 5.10 Å². The Morgan fingerprint density at radius 1 is 1.21 bits per heavy atom. The molecule has 5 nitrogen and oxygen atoms in total. The molecule has 0 fully saturated rings. The molecule has 0 saturated carbocycles. The molecule has 0 aliphatic heterocycles. The highest BCUT2D eigenvalue weighted by atomic mass is 35.5. The van der Waals surface area contributed by atoms with E-state index in [0.29, 0.717) is 5.69 Å². The lowest BCUT2D eigenvalue weighted by atomic mass is 10.2. The van der Waals surface area contributed by atoms with Crippen LogP contribution in [0, 0.1) is 0 Å². The zero-order chi connectivity index (χ0) is 13.4. The molecule has 0 atom stereocenters. The third kappa shape index (κ3) is 1.94. The molecular weight excluding hydrogens is 266 g/mol. The third-order valence-corrected chi connectivity index (χ3v) is 3.11. The Morgan fingerprint density at radius 2 is 2.00 bits per heavy atom. The Hall–Kier alpha value is -2.40. The summed E-state index contributed by atoms with van der Waals surface area (Å²) >= 11 is 5.84. The van der Waals surface area contributed by atoms with E-state index >= 15 is 0 Å². The summed E-state index contributed by atoms with van der Waals surface area (Å²) in [6.07, 6.45) is 0. The molecule has 0 radical (unpaired) electrons. The van der Waals surface area contributed by atoms with Crippen LogP contribution >= 0.6 is 11.6 Å². The van der Waals surface area contributed by atoms with E-state index in [1.54, 1.807) is 10.7 Å². The predicted molar refractivity (Wildman–Crippen MR) is 70.8 cm³/mol. The predicted octanol–water partition coefficient (Wildman–Crippen LogP) is 2.77. The summed E-state index contributed by atoms with van der Waals surface area (Å²) in [5.41, 5.74) is 2.20. The number of halogens is 1. The molecule has 0 bridgehead atoms. The number of nitrogens with zero attached hydrogens (tertiary/aromatic N) is 3. The molecule has 3 aromatic rings. The first-order chi connectivity index (χ1) is 9.16. The van der Waals surface area contributed by atoms with Crippen molar-refractivity contribution in [1.82, 2.24) is 15.0 Å². The van der Waals surface area contributed by atoms with Crippen LogP contribution in [0.15, 0.2) is 42.5 Å². The van der Waals surface area contributed by atoms with Gasteiger partial charge >= 0.3 is 5.97 Å². The maximum Gasteiger partial charge on any atom is 0.337 e. The lowest BCUT2D eigenvalue weighted by molar-refractivity contribution is 0.0697. The third-order valence-electron chi connectivity index (χ3n) is 2.78. The summed E-state index contributed by atoms with van der Waals surface area (Å²) in [5.74, 6) is -1.07. The number of para-hydroxylation sites is 1. The first kappa shape index (κ1) is 11.7. The number of carboxylic acid groups (broad SMARTS) is 1. The minimum absolute atomic E-state index is 0.0405. The van der Waals surface area contributed by atoms with Crippen LogP contribution < -0.4 is 0 Å². The Balaban J connectivity index is 2.22. The number of carbonyl (C=O) groups is 1. The van der Waals surface area contributed by atoms with Crippen molar-refractivity contribution >= 4 is 28.6 Å². The number of fused-ring (bicyclic) bond motifs is 1. The van der Waals surface area contributed by atoms with Crippen LogP contribution in [0.5, 0.6) is 0 Å². The van der Waals surface area contributed by atoms with Crippen LogP contribution in [0.25, 0.3) is 16.7 Å². The second-order valence-corrected chi connectivity index (χ2v) is 4.37. The molecule has 3 rings (SSSR count). The van der Waals surface area contributed by atoms with Crippen molar-refractivity contribution in [2.24, 2.45) is 0 Å². The van der Waals surface area contributed by atoms with Gasteiger partial charge in [-0.1, -0.05) is 28.9 Å². The second-order valence-electron chi connectivity index (χ2n) is 3.96. The van der Waals surface area contributed by atoms with E-state index in [1.165, 1.54) is 12.1 Å². The van der Waals surface area contributed by atoms with Crippen LogP contribution in [-0.4, -0.2) is 26.1 Å². The van der Waals surface area contributed by atoms with Gasteiger partial charge in [0.05, 0.1) is 21.8 Å². The van der Waals surface area contributed by atoms with Gasteiger partial charge in [0.2, 0.25) is 0 Å². The van der Waals surface area contributed by atoms with Gasteiger partial charge < -0.3 is 5.11 Å². The van der Waals surface area contributed by atoms with E-state index in [4.69, 9.17) is 16.7 Å². The Morgan fingerprint density at radius 3 is 2.79 bits per heavy atom. The molecule has 6 heteroatoms. The first-order valence-electron chi connectivity index (χ1n) is 5.50. The normalized spacial score (nSPS) is 10.8. The summed E-state index contributed by atoms with van der Waals surface area (Å²) in [6.45, 7) is 0. The van der Waals surface area contributed by atoms with E-state index in [9.17, 15) is 4.79 Å². The highest BCUT2D eigenvalue weighted by molar-refractivity contribution is 6.33. The molecule has 19 heavy (non-hydrogen) atoms. The van der Waals surface area contributed by atoms with Crippen LogP contribution in [0.1, 0.15) is 10.4 Å². The molecule has 94 valence electrons. The van der Waals surface area contributed by atoms with Crippen molar-refractivity contribution in [3.05, 3.63) is 53.1 Å². The van der Waals surface area contributed by atoms with Gasteiger partial charge in [0.1, 0.15) is 5.52 Å². The number of hydrogen-bond donors (Lipinski definition) is 1. The fourth-order valence-corrected chi connectivity index (χ4v) is 2.07. The van der Waals surface area contributed by atoms with Crippen LogP contribution in [0.3, 0.4) is 0 Å². The fourth-order valence-electron chi connectivity index (χ4n) is 1.87. The van der Waals surface area contributed by atoms with E-state index in [-0.39, 0.29) is 10.6 Å². The van der Waals surface area contributed by atoms with Gasteiger partial charge in [-0.05, 0) is 30.3 Å². The summed E-state index contributed by atoms with van der Waals surface area (Å²) in [4.78, 5) is 11.1. The van der Waals surface area contributed by atoms with E-state index in [2.05, 4.69) is 10.3 Å². The molecule has 0 unspecified atom stereocenters. The Bertz CT molecular complexity index is 782. The average molecular weight is 274 g/mol. The Kier molecular flexibility index (Phi) is 2.68. The number of rotatable bonds is 2. The van der Waals surface area contributed by atoms with Crippen molar-refractivity contribution < 1.29 is 9.90 Å². The average Bonchev–Trinajstić information content (AvgIpc) is 2.83. The summed E-state index contributed by atoms with van der Waals surface area (Å²) in [6, 6.07) is 12.2. The second kappa shape index (κ2) is 4.37. The lowest BCUT2D eigenvalue weighted by Crippen LogP contribution is -2.02. The maximum absolute atomic E-state index is 11.1. The molecule has 1 aromatic heterocycles. The van der Waals surface area contributed by atoms with Gasteiger partial charge in [0.15, 0.2) is 0 Å². The molecule has 0 spiro atoms. The number of hydrogen-bond acceptors (Lipinski definition) is 3. The van der Waals surface area contributed by atoms with Crippen LogP contribution in [0.4, 0.5) is 0 Å². The van der Waals surface area contributed by atoms with Crippen LogP contribution in [-0.2, 0) is 0 Å². The molecule has 0 saturated heterocycles. The topological polar surface area (TPSA) is 68.0 Å². The molecule has 0 aliphatic carbocycles. The SMILES string of the molecule is O=C(O)c1cc(-n2nnc3ccccc32)ccc1Cl. The van der Waals surface area contributed by atoms with Crippen molar-refractivity contribution in [3.63, 3.8) is 0 Å². The number of benzene rings is 2. The quantitative estimate of drug-likeness (QED) is 0.779. The highest BCUT2D eigenvalue weighted by Crippen LogP contribution is 2.22. The minimum Gasteiger partial charge on any atom is -0.478 e. The highest BCUT2D eigenvalue weighted by Gasteiger charge is 2.12. The zero-order valence-corrected chi connectivity index (χ0v) is 10.4. The van der Waals surface area contributed by atoms with E-state index in [0.717, 1.165) is 11.0 Å². The van der Waals surface area contributed by atoms with Gasteiger partial charge in [-0.3, -0.25) is 0 Å². The van der Waals surface area contributed by atoms with Gasteiger partial charge in [-0.2, -0.15) is 0 Å². The molecular formula is C13H8ClN3O2. The van der Waals surface area contributed by atoms with E-state index in [1.807, 2.05) is 24.3 Å². The van der Waals surface area contributed by atoms with Crippen LogP contribution in [0.2, 0.25) is 5.02 Å². The standard InChI is InChI=1S/C13H8ClN3O2/c14-10-6-5-8(7-9(10)13(18)19)17-12-4-2-1-3-11(12)15-16-17/h1-7H,(H,18,19). The largest absolute Gasteiger partial charge is 0.478 e. The molecule has 1 N–H and O–H groups in total. The molecule has 1 heterocycles. The first-order valence-corrected chi connectivity index (χ1v) is 5.88. The number of aromatic carboxylic acids is 1. The van der Waals surface area contributed by atoms with Crippen molar-refractivity contribution in [2.75, 3.05) is 0 Å². The fraction of sp³-hybridized carbons (Fsp3) is 0. The summed E-state index contributed by atoms with van der Waals surface area (Å²) in [5, 5.41) is 17.3. The van der Waals surface area contributed by atoms with Gasteiger partial charge in [0, 0.05) is 0 Å². The van der Waals surface area contributed by atoms with Crippen molar-refractivity contribution in [1.29, 1.82) is 0 Å². The summed E-state index contributed by atoms with van der Waals surface area (Å²) < 4.78 is 1.58. The van der Waals surface area contributed by atoms with Crippen molar-refractivity contribution in [3.8, 4) is 5.69 Å². The lowest BCUT2D eigenvalue weighted by Gasteiger charge is -2.05. The molecule has 0 amide bonds. The molecule has 0 aliphatic rings. The minimum atomic E-state index is -1.07. The number of carboxylic acids is 1. The smallest absolute Gasteiger partial charge is 0.337 e. The van der Waals surface area contributed by atoms with Gasteiger partial charge in [-0.25, -0.2) is 9.48 Å².